The van der Waals surface area contributed by atoms with Gasteiger partial charge in [0.15, 0.2) is 0 Å². The summed E-state index contributed by atoms with van der Waals surface area (Å²) >= 11 is 3.29. The minimum absolute atomic E-state index is 0.168. The summed E-state index contributed by atoms with van der Waals surface area (Å²) in [6.45, 7) is 9.52. The molecule has 0 amide bonds. The largest absolute Gasteiger partial charge is 0.312 e. The molecule has 0 aliphatic heterocycles. The van der Waals surface area contributed by atoms with Crippen LogP contribution in [-0.4, -0.2) is 13.1 Å². The first-order valence-electron chi connectivity index (χ1n) is 4.93. The van der Waals surface area contributed by atoms with E-state index in [4.69, 9.17) is 5.26 Å². The zero-order chi connectivity index (χ0) is 11.0. The Hall–Kier alpha value is -0.330. The summed E-state index contributed by atoms with van der Waals surface area (Å²) in [5.41, 5.74) is -0.168. The van der Waals surface area contributed by atoms with Crippen LogP contribution in [0.25, 0.3) is 0 Å². The molecule has 0 fully saturated rings. The van der Waals surface area contributed by atoms with Crippen LogP contribution in [0.4, 0.5) is 0 Å². The monoisotopic (exact) mass is 258 g/mol. The molecule has 1 N–H and O–H groups in total. The van der Waals surface area contributed by atoms with Crippen molar-refractivity contribution in [2.24, 2.45) is 5.41 Å². The van der Waals surface area contributed by atoms with Crippen LogP contribution in [0.2, 0.25) is 0 Å². The number of nitrogens with one attached hydrogen (secondary N) is 1. The highest BCUT2D eigenvalue weighted by Crippen LogP contribution is 2.21. The van der Waals surface area contributed by atoms with Gasteiger partial charge in [-0.15, -0.1) is 0 Å². The fourth-order valence-corrected chi connectivity index (χ4v) is 1.30. The number of rotatable bonds is 7. The number of unbranched alkanes of at least 4 members (excludes halogenated alkanes) is 1. The highest BCUT2D eigenvalue weighted by atomic mass is 79.9. The lowest BCUT2D eigenvalue weighted by Gasteiger charge is -2.14. The van der Waals surface area contributed by atoms with E-state index in [1.807, 2.05) is 13.8 Å². The topological polar surface area (TPSA) is 35.8 Å². The van der Waals surface area contributed by atoms with Gasteiger partial charge < -0.3 is 5.32 Å². The van der Waals surface area contributed by atoms with Crippen molar-refractivity contribution in [3.05, 3.63) is 11.1 Å². The van der Waals surface area contributed by atoms with Gasteiger partial charge in [0.05, 0.1) is 11.5 Å². The minimum Gasteiger partial charge on any atom is -0.312 e. The Labute approximate surface area is 95.5 Å². The van der Waals surface area contributed by atoms with Gasteiger partial charge in [0.25, 0.3) is 0 Å². The molecular weight excluding hydrogens is 240 g/mol. The first-order valence-corrected chi connectivity index (χ1v) is 5.72. The van der Waals surface area contributed by atoms with Gasteiger partial charge in [0.2, 0.25) is 0 Å². The van der Waals surface area contributed by atoms with Crippen molar-refractivity contribution in [2.45, 2.75) is 33.1 Å². The molecule has 0 spiro atoms. The van der Waals surface area contributed by atoms with Crippen LogP contribution in [0.5, 0.6) is 0 Å². The second-order valence-electron chi connectivity index (χ2n) is 4.15. The first kappa shape index (κ1) is 13.7. The van der Waals surface area contributed by atoms with E-state index in [1.54, 1.807) is 0 Å². The van der Waals surface area contributed by atoms with E-state index in [1.165, 1.54) is 0 Å². The molecule has 0 aliphatic rings. The van der Waals surface area contributed by atoms with E-state index in [0.717, 1.165) is 36.8 Å². The number of hydrogen-bond acceptors (Lipinski definition) is 2. The summed E-state index contributed by atoms with van der Waals surface area (Å²) in [4.78, 5) is 0. The van der Waals surface area contributed by atoms with Crippen molar-refractivity contribution in [3.8, 4) is 6.07 Å². The van der Waals surface area contributed by atoms with Gasteiger partial charge in [0.1, 0.15) is 0 Å². The van der Waals surface area contributed by atoms with Crippen LogP contribution >= 0.6 is 15.9 Å². The van der Waals surface area contributed by atoms with Crippen molar-refractivity contribution < 1.29 is 0 Å². The molecule has 14 heavy (non-hydrogen) atoms. The molecule has 0 rings (SSSR count). The Bertz CT molecular complexity index is 216. The zero-order valence-corrected chi connectivity index (χ0v) is 10.7. The number of nitrogens with zero attached hydrogens (tertiary/aromatic N) is 1. The van der Waals surface area contributed by atoms with Gasteiger partial charge in [-0.1, -0.05) is 28.9 Å². The maximum absolute atomic E-state index is 8.79. The van der Waals surface area contributed by atoms with Gasteiger partial charge >= 0.3 is 0 Å². The maximum atomic E-state index is 8.79. The number of halogens is 1. The van der Waals surface area contributed by atoms with Gasteiger partial charge in [-0.25, -0.2) is 0 Å². The molecule has 3 heteroatoms. The second kappa shape index (κ2) is 7.03. The molecule has 0 unspecified atom stereocenters. The predicted molar refractivity (Wildman–Crippen MR) is 64.2 cm³/mol. The lowest BCUT2D eigenvalue weighted by Crippen LogP contribution is -2.17. The molecule has 0 saturated carbocycles. The Morgan fingerprint density at radius 1 is 1.50 bits per heavy atom. The lowest BCUT2D eigenvalue weighted by molar-refractivity contribution is 0.424. The molecule has 0 aliphatic carbocycles. The van der Waals surface area contributed by atoms with Crippen molar-refractivity contribution in [1.82, 2.24) is 5.32 Å². The number of nitriles is 1. The molecule has 0 aromatic rings. The standard InChI is InChI=1S/C11H19BrN2/c1-10(12)8-14-7-5-4-6-11(2,3)9-13/h14H,1,4-8H2,2-3H3. The quantitative estimate of drug-likeness (QED) is 0.712. The Morgan fingerprint density at radius 2 is 2.14 bits per heavy atom. The molecule has 0 aromatic carbocycles. The fraction of sp³-hybridized carbons (Fsp3) is 0.727. The molecule has 2 nitrogen and oxygen atoms in total. The van der Waals surface area contributed by atoms with E-state index < -0.39 is 0 Å². The van der Waals surface area contributed by atoms with E-state index in [-0.39, 0.29) is 5.41 Å². The second-order valence-corrected chi connectivity index (χ2v) is 5.27. The van der Waals surface area contributed by atoms with Crippen LogP contribution in [0, 0.1) is 16.7 Å². The van der Waals surface area contributed by atoms with Crippen LogP contribution in [0.3, 0.4) is 0 Å². The predicted octanol–water partition coefficient (Wildman–Crippen LogP) is 3.20. The van der Waals surface area contributed by atoms with Gasteiger partial charge in [-0.05, 0) is 33.2 Å². The van der Waals surface area contributed by atoms with Crippen molar-refractivity contribution >= 4 is 15.9 Å². The summed E-state index contributed by atoms with van der Waals surface area (Å²) in [7, 11) is 0. The maximum Gasteiger partial charge on any atom is 0.0683 e. The fourth-order valence-electron chi connectivity index (χ4n) is 1.10. The third kappa shape index (κ3) is 8.28. The Kier molecular flexibility index (Phi) is 6.86. The van der Waals surface area contributed by atoms with E-state index in [9.17, 15) is 0 Å². The molecule has 0 atom stereocenters. The van der Waals surface area contributed by atoms with Crippen LogP contribution in [-0.2, 0) is 0 Å². The van der Waals surface area contributed by atoms with Crippen molar-refractivity contribution in [2.75, 3.05) is 13.1 Å². The van der Waals surface area contributed by atoms with Gasteiger partial charge in [-0.2, -0.15) is 5.26 Å². The third-order valence-electron chi connectivity index (χ3n) is 2.02. The first-order chi connectivity index (χ1) is 6.48. The Morgan fingerprint density at radius 3 is 2.64 bits per heavy atom. The zero-order valence-electron chi connectivity index (χ0n) is 9.07. The molecule has 0 radical (unpaired) electrons. The van der Waals surface area contributed by atoms with Crippen molar-refractivity contribution in [1.29, 1.82) is 5.26 Å². The molecule has 0 bridgehead atoms. The highest BCUT2D eigenvalue weighted by molar-refractivity contribution is 9.11. The Balaban J connectivity index is 3.31. The van der Waals surface area contributed by atoms with E-state index >= 15 is 0 Å². The molecule has 0 saturated heterocycles. The SMILES string of the molecule is C=C(Br)CNCCCCC(C)(C)C#N. The molecule has 80 valence electrons. The average Bonchev–Trinajstić information content (AvgIpc) is 2.10. The third-order valence-corrected chi connectivity index (χ3v) is 2.31. The van der Waals surface area contributed by atoms with Crippen LogP contribution in [0.15, 0.2) is 11.1 Å². The number of hydrogen-bond donors (Lipinski definition) is 1. The van der Waals surface area contributed by atoms with Crippen LogP contribution < -0.4 is 5.32 Å². The average molecular weight is 259 g/mol. The summed E-state index contributed by atoms with van der Waals surface area (Å²) in [5.74, 6) is 0. The summed E-state index contributed by atoms with van der Waals surface area (Å²) < 4.78 is 0.981. The van der Waals surface area contributed by atoms with E-state index in [0.29, 0.717) is 0 Å². The summed E-state index contributed by atoms with van der Waals surface area (Å²) in [6, 6.07) is 2.31. The molecule has 0 aromatic heterocycles. The van der Waals surface area contributed by atoms with Crippen molar-refractivity contribution in [3.63, 3.8) is 0 Å². The normalized spacial score (nSPS) is 11.0. The highest BCUT2D eigenvalue weighted by Gasteiger charge is 2.14. The van der Waals surface area contributed by atoms with Crippen LogP contribution in [0.1, 0.15) is 33.1 Å². The smallest absolute Gasteiger partial charge is 0.0683 e. The van der Waals surface area contributed by atoms with Gasteiger partial charge in [-0.3, -0.25) is 0 Å². The van der Waals surface area contributed by atoms with E-state index in [2.05, 4.69) is 33.9 Å². The molecular formula is C11H19BrN2. The summed E-state index contributed by atoms with van der Waals surface area (Å²) in [6.07, 6.45) is 3.19. The van der Waals surface area contributed by atoms with Gasteiger partial charge in [0, 0.05) is 11.0 Å². The minimum atomic E-state index is -0.168. The lowest BCUT2D eigenvalue weighted by atomic mass is 9.89. The molecule has 0 heterocycles. The summed E-state index contributed by atoms with van der Waals surface area (Å²) in [5, 5.41) is 12.0.